The molecule has 0 spiro atoms. The van der Waals surface area contributed by atoms with Gasteiger partial charge in [0.15, 0.2) is 0 Å². The second-order valence-electron chi connectivity index (χ2n) is 22.4. The molecule has 11 amide bonds. The smallest absolute Gasteiger partial charge is 0.245 e. The third-order valence-electron chi connectivity index (χ3n) is 13.5. The van der Waals surface area contributed by atoms with E-state index in [0.29, 0.717) is 13.0 Å². The Morgan fingerprint density at radius 1 is 0.554 bits per heavy atom. The molecule has 1 fully saturated rings. The Bertz CT molecular complexity index is 2080. The second kappa shape index (κ2) is 40.2. The summed E-state index contributed by atoms with van der Waals surface area (Å²) in [7, 11) is 3.50. The summed E-state index contributed by atoms with van der Waals surface area (Å²) in [5.41, 5.74) is 23.5. The first-order chi connectivity index (χ1) is 39.1. The molecule has 0 unspecified atom stereocenters. The van der Waals surface area contributed by atoms with E-state index in [-0.39, 0.29) is 89.4 Å². The maximum atomic E-state index is 14.5. The van der Waals surface area contributed by atoms with Gasteiger partial charge in [-0.3, -0.25) is 52.7 Å². The molecule has 0 aromatic carbocycles. The Kier molecular flexibility index (Phi) is 36.3. The summed E-state index contributed by atoms with van der Waals surface area (Å²) < 4.78 is 0. The van der Waals surface area contributed by atoms with Gasteiger partial charge in [0.05, 0.1) is 12.2 Å². The van der Waals surface area contributed by atoms with Gasteiger partial charge in [-0.05, 0) is 130 Å². The lowest BCUT2D eigenvalue weighted by Gasteiger charge is -2.29. The molecular formula is C54H102N16O13. The molecule has 0 aromatic heterocycles. The summed E-state index contributed by atoms with van der Waals surface area (Å²) in [6.07, 6.45) is 0.565. The summed E-state index contributed by atoms with van der Waals surface area (Å²) in [5.74, 6) is -9.77. The lowest BCUT2D eigenvalue weighted by atomic mass is 9.99. The maximum Gasteiger partial charge on any atom is 0.245 e. The second-order valence-corrected chi connectivity index (χ2v) is 22.4. The lowest BCUT2D eigenvalue weighted by Crippen LogP contribution is -2.62. The first-order valence-electron chi connectivity index (χ1n) is 29.3. The number of amides is 11. The van der Waals surface area contributed by atoms with Gasteiger partial charge in [-0.15, -0.1) is 0 Å². The van der Waals surface area contributed by atoms with Crippen LogP contribution < -0.4 is 81.4 Å². The van der Waals surface area contributed by atoms with Gasteiger partial charge in [0.25, 0.3) is 0 Å². The minimum Gasteiger partial charge on any atom is -0.391 e. The zero-order chi connectivity index (χ0) is 62.9. The summed E-state index contributed by atoms with van der Waals surface area (Å²) >= 11 is 0. The van der Waals surface area contributed by atoms with Crippen molar-refractivity contribution in [2.75, 3.05) is 53.4 Å². The molecule has 0 radical (unpaired) electrons. The van der Waals surface area contributed by atoms with Gasteiger partial charge in [-0.2, -0.15) is 0 Å². The van der Waals surface area contributed by atoms with Gasteiger partial charge in [0.2, 0.25) is 65.0 Å². The van der Waals surface area contributed by atoms with Crippen LogP contribution in [0.2, 0.25) is 0 Å². The van der Waals surface area contributed by atoms with Crippen molar-refractivity contribution in [3.05, 3.63) is 0 Å². The van der Waals surface area contributed by atoms with Crippen LogP contribution in [0.4, 0.5) is 0 Å². The molecule has 476 valence electrons. The highest BCUT2D eigenvalue weighted by Gasteiger charge is 2.38. The van der Waals surface area contributed by atoms with E-state index < -0.39 is 151 Å². The Hall–Kier alpha value is -6.11. The molecule has 1 heterocycles. The number of nitrogens with zero attached hydrogens (tertiary/aromatic N) is 1. The molecule has 29 nitrogen and oxygen atoms in total. The molecule has 1 aliphatic heterocycles. The quantitative estimate of drug-likeness (QED) is 0.0299. The van der Waals surface area contributed by atoms with E-state index in [2.05, 4.69) is 65.4 Å². The van der Waals surface area contributed by atoms with E-state index in [0.717, 1.165) is 25.7 Å². The van der Waals surface area contributed by atoms with Crippen molar-refractivity contribution >= 4 is 65.0 Å². The Morgan fingerprint density at radius 3 is 1.47 bits per heavy atom. The Balaban J connectivity index is 3.86. The van der Waals surface area contributed by atoms with Crippen LogP contribution in [-0.2, 0) is 52.7 Å². The van der Waals surface area contributed by atoms with Crippen LogP contribution >= 0.6 is 0 Å². The number of carbonyl (C=O) groups is 11. The first kappa shape index (κ1) is 74.9. The zero-order valence-electron chi connectivity index (χ0n) is 50.4. The van der Waals surface area contributed by atoms with Gasteiger partial charge in [-0.25, -0.2) is 0 Å². The van der Waals surface area contributed by atoms with Crippen LogP contribution in [0.3, 0.4) is 0 Å². The van der Waals surface area contributed by atoms with E-state index in [1.807, 2.05) is 13.8 Å². The van der Waals surface area contributed by atoms with Crippen molar-refractivity contribution < 1.29 is 63.0 Å². The van der Waals surface area contributed by atoms with Gasteiger partial charge in [-0.1, -0.05) is 60.3 Å². The molecule has 0 bridgehead atoms. The molecular weight excluding hydrogens is 1080 g/mol. The number of aliphatic hydroxyl groups excluding tert-OH is 2. The third-order valence-corrected chi connectivity index (χ3v) is 13.5. The monoisotopic (exact) mass is 1180 g/mol. The van der Waals surface area contributed by atoms with Crippen LogP contribution in [0.25, 0.3) is 0 Å². The van der Waals surface area contributed by atoms with E-state index in [9.17, 15) is 63.0 Å². The molecule has 0 aliphatic carbocycles. The number of nitrogens with two attached hydrogens (primary N) is 4. The van der Waals surface area contributed by atoms with Crippen molar-refractivity contribution in [2.45, 2.75) is 211 Å². The molecule has 1 rings (SSSR count). The third kappa shape index (κ3) is 28.8. The van der Waals surface area contributed by atoms with Gasteiger partial charge in [0, 0.05) is 13.0 Å². The lowest BCUT2D eigenvalue weighted by molar-refractivity contribution is -0.137. The number of aliphatic hydroxyl groups is 2. The van der Waals surface area contributed by atoms with Gasteiger partial charge in [0.1, 0.15) is 60.4 Å². The zero-order valence-corrected chi connectivity index (χ0v) is 50.4. The minimum absolute atomic E-state index is 0.00839. The fourth-order valence-electron chi connectivity index (χ4n) is 8.89. The molecule has 0 aromatic rings. The first-order valence-corrected chi connectivity index (χ1v) is 29.3. The van der Waals surface area contributed by atoms with Crippen molar-refractivity contribution in [3.8, 4) is 0 Å². The molecule has 83 heavy (non-hydrogen) atoms. The highest BCUT2D eigenvalue weighted by atomic mass is 16.3. The molecule has 21 N–H and O–H groups in total. The SMILES string of the molecule is CCCCCCCC(=O)N[C@@H](CCN)C(=O)N[C@H](C(=O)N[C@@H](CCN)C(=O)N[C@H]1CCNC(=O)[C@H]([C@@H](C)O)NC(=O)[C@H](CCN)NC(=O)[C@H](CCN(C)C)NC(=O)[C@H](CC(C)C)NC(=O)[C@@H](CC(C)C)NC(=O)[C@H](CCN)NC1=O)[C@@H](C)O. The number of unbranched alkanes of at least 4 members (excludes halogenated alkanes) is 4. The summed E-state index contributed by atoms with van der Waals surface area (Å²) in [6, 6.07) is -14.3. The van der Waals surface area contributed by atoms with E-state index in [1.165, 1.54) is 13.8 Å². The predicted octanol–water partition coefficient (Wildman–Crippen LogP) is -5.08. The van der Waals surface area contributed by atoms with E-state index >= 15 is 0 Å². The maximum absolute atomic E-state index is 14.5. The van der Waals surface area contributed by atoms with Crippen LogP contribution in [0, 0.1) is 11.8 Å². The average Bonchev–Trinajstić information content (AvgIpc) is 3.41. The van der Waals surface area contributed by atoms with E-state index in [1.54, 1.807) is 32.8 Å². The minimum atomic E-state index is -1.69. The van der Waals surface area contributed by atoms with E-state index in [4.69, 9.17) is 22.9 Å². The standard InChI is InChI=1S/C54H102N16O13/c1-10-11-12-13-14-15-42(73)60-34(16-22-55)49(78)69-44(33(7)72)54(83)65-36(18-24-57)45(74)63-38-20-26-59-53(82)43(32(6)71)68-50(79)37(19-25-58)62-48(77)39(21-27-70(8)9)64-51(80)40(28-30(2)3)67-52(81)41(29-31(4)5)66-46(75)35(17-23-56)61-47(38)76/h30-41,43-44,71-72H,10-29,55-58H2,1-9H3,(H,59,82)(H,60,73)(H,61,76)(H,62,77)(H,63,74)(H,64,80)(H,65,83)(H,66,75)(H,67,81)(H,68,79)(H,69,78)/t32-,33-,34+,35+,36+,37+,38+,39+,40+,41-,43+,44+/m1/s1. The van der Waals surface area contributed by atoms with Crippen LogP contribution in [0.5, 0.6) is 0 Å². The summed E-state index contributed by atoms with van der Waals surface area (Å²) in [4.78, 5) is 155. The van der Waals surface area contributed by atoms with Crippen molar-refractivity contribution in [2.24, 2.45) is 34.8 Å². The van der Waals surface area contributed by atoms with Crippen LogP contribution in [0.1, 0.15) is 138 Å². The number of nitrogens with one attached hydrogen (secondary N) is 11. The number of carbonyl (C=O) groups excluding carboxylic acids is 11. The predicted molar refractivity (Wildman–Crippen MR) is 310 cm³/mol. The highest BCUT2D eigenvalue weighted by Crippen LogP contribution is 2.13. The number of hydrogen-bond acceptors (Lipinski definition) is 18. The van der Waals surface area contributed by atoms with Crippen LogP contribution in [-0.4, -0.2) is 206 Å². The summed E-state index contributed by atoms with van der Waals surface area (Å²) in [6.45, 7) is 11.0. The fraction of sp³-hybridized carbons (Fsp3) is 0.796. The van der Waals surface area contributed by atoms with Gasteiger partial charge >= 0.3 is 0 Å². The molecule has 1 saturated heterocycles. The largest absolute Gasteiger partial charge is 0.391 e. The van der Waals surface area contributed by atoms with Crippen LogP contribution in [0.15, 0.2) is 0 Å². The highest BCUT2D eigenvalue weighted by molar-refractivity contribution is 5.99. The summed E-state index contributed by atoms with van der Waals surface area (Å²) in [5, 5.41) is 49.9. The molecule has 12 atom stereocenters. The van der Waals surface area contributed by atoms with Crippen molar-refractivity contribution in [3.63, 3.8) is 0 Å². The number of rotatable bonds is 30. The topological polar surface area (TPSA) is 468 Å². The fourth-order valence-corrected chi connectivity index (χ4v) is 8.89. The van der Waals surface area contributed by atoms with Gasteiger partial charge < -0.3 is 96.5 Å². The van der Waals surface area contributed by atoms with Crippen molar-refractivity contribution in [1.82, 2.24) is 63.4 Å². The van der Waals surface area contributed by atoms with Crippen molar-refractivity contribution in [1.29, 1.82) is 0 Å². The molecule has 1 aliphatic rings. The Morgan fingerprint density at radius 2 is 1.01 bits per heavy atom. The molecule has 29 heteroatoms. The number of hydrogen-bond donors (Lipinski definition) is 17. The Labute approximate surface area is 489 Å². The molecule has 0 saturated carbocycles. The average molecular weight is 1180 g/mol. The normalized spacial score (nSPS) is 23.0.